The second-order valence-electron chi connectivity index (χ2n) is 8.35. The van der Waals surface area contributed by atoms with Crippen molar-refractivity contribution in [1.82, 2.24) is 5.32 Å². The predicted octanol–water partition coefficient (Wildman–Crippen LogP) is 4.29. The maximum atomic E-state index is 12.5. The summed E-state index contributed by atoms with van der Waals surface area (Å²) in [5.41, 5.74) is 5.23. The Hall–Kier alpha value is -3.44. The van der Waals surface area contributed by atoms with Gasteiger partial charge < -0.3 is 15.5 Å². The number of nitrogens with one attached hydrogen (secondary N) is 2. The van der Waals surface area contributed by atoms with Gasteiger partial charge in [-0.05, 0) is 54.3 Å². The minimum Gasteiger partial charge on any atom is -0.370 e. The number of hydrogen-bond acceptors (Lipinski definition) is 4. The van der Waals surface area contributed by atoms with Crippen molar-refractivity contribution in [1.29, 1.82) is 0 Å². The van der Waals surface area contributed by atoms with Crippen molar-refractivity contribution >= 4 is 23.1 Å². The number of Topliss-reactive ketones (excluding diaryl/α,β-unsaturated/α-hetero) is 1. The molecule has 3 aromatic rings. The SMILES string of the molecule is CC(=O)CNC1CCN(c2ccc(NC(=O)Cc3ccc(-c4ccccc4)cc3)cc2)C1. The fourth-order valence-corrected chi connectivity index (χ4v) is 4.04. The van der Waals surface area contributed by atoms with Crippen molar-refractivity contribution in [3.63, 3.8) is 0 Å². The van der Waals surface area contributed by atoms with Gasteiger partial charge in [-0.1, -0.05) is 54.6 Å². The van der Waals surface area contributed by atoms with E-state index in [-0.39, 0.29) is 11.7 Å². The zero-order valence-electron chi connectivity index (χ0n) is 18.4. The first-order valence-corrected chi connectivity index (χ1v) is 11.1. The van der Waals surface area contributed by atoms with Gasteiger partial charge in [-0.2, -0.15) is 0 Å². The van der Waals surface area contributed by atoms with Crippen LogP contribution in [0.3, 0.4) is 0 Å². The van der Waals surface area contributed by atoms with E-state index in [0.29, 0.717) is 19.0 Å². The van der Waals surface area contributed by atoms with Gasteiger partial charge in [0.2, 0.25) is 5.91 Å². The summed E-state index contributed by atoms with van der Waals surface area (Å²) < 4.78 is 0. The van der Waals surface area contributed by atoms with Crippen LogP contribution in [0.1, 0.15) is 18.9 Å². The van der Waals surface area contributed by atoms with E-state index in [1.54, 1.807) is 6.92 Å². The number of benzene rings is 3. The van der Waals surface area contributed by atoms with Gasteiger partial charge in [0.15, 0.2) is 0 Å². The van der Waals surface area contributed by atoms with Crippen molar-refractivity contribution in [2.45, 2.75) is 25.8 Å². The van der Waals surface area contributed by atoms with Crippen LogP contribution in [0, 0.1) is 0 Å². The Kier molecular flexibility index (Phi) is 6.97. The molecule has 0 saturated carbocycles. The standard InChI is InChI=1S/C27H29N3O2/c1-20(31)18-28-25-15-16-30(19-25)26-13-11-24(12-14-26)29-27(32)17-21-7-9-23(10-8-21)22-5-3-2-4-6-22/h2-14,25,28H,15-19H2,1H3,(H,29,32). The monoisotopic (exact) mass is 427 g/mol. The molecule has 32 heavy (non-hydrogen) atoms. The van der Waals surface area contributed by atoms with Crippen LogP contribution in [0.5, 0.6) is 0 Å². The molecule has 1 amide bonds. The average molecular weight is 428 g/mol. The number of nitrogens with zero attached hydrogens (tertiary/aromatic N) is 1. The zero-order chi connectivity index (χ0) is 22.3. The van der Waals surface area contributed by atoms with Crippen LogP contribution in [0.2, 0.25) is 0 Å². The molecule has 3 aromatic carbocycles. The van der Waals surface area contributed by atoms with E-state index in [1.807, 2.05) is 54.6 Å². The van der Waals surface area contributed by atoms with Gasteiger partial charge in [0.25, 0.3) is 0 Å². The van der Waals surface area contributed by atoms with E-state index in [0.717, 1.165) is 42.0 Å². The summed E-state index contributed by atoms with van der Waals surface area (Å²) in [5.74, 6) is 0.135. The fourth-order valence-electron chi connectivity index (χ4n) is 4.04. The van der Waals surface area contributed by atoms with Crippen molar-refractivity contribution in [3.05, 3.63) is 84.4 Å². The maximum absolute atomic E-state index is 12.5. The molecule has 1 atom stereocenters. The van der Waals surface area contributed by atoms with Gasteiger partial charge in [-0.15, -0.1) is 0 Å². The Morgan fingerprint density at radius 2 is 1.59 bits per heavy atom. The number of carbonyl (C=O) groups excluding carboxylic acids is 2. The summed E-state index contributed by atoms with van der Waals surface area (Å²) in [6.07, 6.45) is 1.36. The minimum absolute atomic E-state index is 0.0279. The molecule has 0 aliphatic carbocycles. The van der Waals surface area contributed by atoms with Crippen LogP contribution in [-0.4, -0.2) is 37.4 Å². The molecule has 0 aromatic heterocycles. The normalized spacial score (nSPS) is 15.5. The molecule has 0 spiro atoms. The third-order valence-corrected chi connectivity index (χ3v) is 5.77. The average Bonchev–Trinajstić information content (AvgIpc) is 3.28. The van der Waals surface area contributed by atoms with Crippen molar-refractivity contribution in [2.24, 2.45) is 0 Å². The molecule has 1 saturated heterocycles. The van der Waals surface area contributed by atoms with Gasteiger partial charge in [0.05, 0.1) is 13.0 Å². The summed E-state index contributed by atoms with van der Waals surface area (Å²) in [4.78, 5) is 25.9. The third kappa shape index (κ3) is 5.83. The summed E-state index contributed by atoms with van der Waals surface area (Å²) >= 11 is 0. The number of carbonyl (C=O) groups is 2. The van der Waals surface area contributed by atoms with E-state index in [4.69, 9.17) is 0 Å². The lowest BCUT2D eigenvalue weighted by Crippen LogP contribution is -2.35. The summed E-state index contributed by atoms with van der Waals surface area (Å²) in [6, 6.07) is 26.7. The molecule has 1 aliphatic rings. The first kappa shape index (κ1) is 21.8. The summed E-state index contributed by atoms with van der Waals surface area (Å²) in [5, 5.41) is 6.29. The van der Waals surface area contributed by atoms with Gasteiger partial charge in [0.1, 0.15) is 5.78 Å². The van der Waals surface area contributed by atoms with Crippen LogP contribution in [0.15, 0.2) is 78.9 Å². The van der Waals surface area contributed by atoms with Crippen molar-refractivity contribution in [3.8, 4) is 11.1 Å². The smallest absolute Gasteiger partial charge is 0.228 e. The number of rotatable bonds is 8. The minimum atomic E-state index is -0.0279. The second-order valence-corrected chi connectivity index (χ2v) is 8.35. The van der Waals surface area contributed by atoms with Gasteiger partial charge in [-0.3, -0.25) is 9.59 Å². The van der Waals surface area contributed by atoms with E-state index >= 15 is 0 Å². The Morgan fingerprint density at radius 1 is 0.906 bits per heavy atom. The number of ketones is 1. The number of anilines is 2. The highest BCUT2D eigenvalue weighted by atomic mass is 16.1. The molecule has 0 radical (unpaired) electrons. The van der Waals surface area contributed by atoms with Crippen LogP contribution < -0.4 is 15.5 Å². The third-order valence-electron chi connectivity index (χ3n) is 5.77. The predicted molar refractivity (Wildman–Crippen MR) is 130 cm³/mol. The van der Waals surface area contributed by atoms with Gasteiger partial charge in [0, 0.05) is 30.5 Å². The molecular formula is C27H29N3O2. The molecule has 5 nitrogen and oxygen atoms in total. The number of hydrogen-bond donors (Lipinski definition) is 2. The van der Waals surface area contributed by atoms with Gasteiger partial charge >= 0.3 is 0 Å². The molecule has 164 valence electrons. The molecule has 0 bridgehead atoms. The fraction of sp³-hybridized carbons (Fsp3) is 0.259. The van der Waals surface area contributed by atoms with E-state index in [1.165, 1.54) is 5.56 Å². The largest absolute Gasteiger partial charge is 0.370 e. The maximum Gasteiger partial charge on any atom is 0.228 e. The van der Waals surface area contributed by atoms with Crippen molar-refractivity contribution in [2.75, 3.05) is 29.9 Å². The van der Waals surface area contributed by atoms with Crippen LogP contribution in [-0.2, 0) is 16.0 Å². The lowest BCUT2D eigenvalue weighted by molar-refractivity contribution is -0.116. The van der Waals surface area contributed by atoms with Gasteiger partial charge in [-0.25, -0.2) is 0 Å². The van der Waals surface area contributed by atoms with Crippen molar-refractivity contribution < 1.29 is 9.59 Å². The quantitative estimate of drug-likeness (QED) is 0.563. The zero-order valence-corrected chi connectivity index (χ0v) is 18.4. The Balaban J connectivity index is 1.28. The number of amides is 1. The topological polar surface area (TPSA) is 61.4 Å². The Labute approximate surface area is 189 Å². The Morgan fingerprint density at radius 3 is 2.28 bits per heavy atom. The summed E-state index contributed by atoms with van der Waals surface area (Å²) in [6.45, 7) is 3.88. The van der Waals surface area contributed by atoms with E-state index < -0.39 is 0 Å². The lowest BCUT2D eigenvalue weighted by Gasteiger charge is -2.19. The summed E-state index contributed by atoms with van der Waals surface area (Å²) in [7, 11) is 0. The Bertz CT molecular complexity index is 1050. The first-order chi connectivity index (χ1) is 15.6. The van der Waals surface area contributed by atoms with E-state index in [9.17, 15) is 9.59 Å². The molecule has 1 fully saturated rings. The highest BCUT2D eigenvalue weighted by molar-refractivity contribution is 5.92. The van der Waals surface area contributed by atoms with E-state index in [2.05, 4.69) is 39.8 Å². The molecule has 5 heteroatoms. The van der Waals surface area contributed by atoms with Crippen LogP contribution in [0.25, 0.3) is 11.1 Å². The highest BCUT2D eigenvalue weighted by Gasteiger charge is 2.22. The molecule has 1 heterocycles. The van der Waals surface area contributed by atoms with Crippen LogP contribution in [0.4, 0.5) is 11.4 Å². The molecule has 2 N–H and O–H groups in total. The molecule has 1 aliphatic heterocycles. The molecule has 1 unspecified atom stereocenters. The molecule has 4 rings (SSSR count). The van der Waals surface area contributed by atoms with Crippen LogP contribution >= 0.6 is 0 Å². The highest BCUT2D eigenvalue weighted by Crippen LogP contribution is 2.23. The lowest BCUT2D eigenvalue weighted by atomic mass is 10.0. The first-order valence-electron chi connectivity index (χ1n) is 11.1. The molecular weight excluding hydrogens is 398 g/mol. The second kappa shape index (κ2) is 10.2.